The predicted octanol–water partition coefficient (Wildman–Crippen LogP) is 3.31. The Labute approximate surface area is 118 Å². The van der Waals surface area contributed by atoms with Crippen molar-refractivity contribution in [2.45, 2.75) is 13.0 Å². The molecule has 0 aliphatic heterocycles. The molecule has 3 aromatic rings. The van der Waals surface area contributed by atoms with Crippen LogP contribution in [-0.4, -0.2) is 16.7 Å². The molecule has 3 N–H and O–H groups in total. The molecule has 0 amide bonds. The normalized spacial score (nSPS) is 10.8. The second-order valence-electron chi connectivity index (χ2n) is 4.88. The minimum absolute atomic E-state index is 0.197. The van der Waals surface area contributed by atoms with Crippen molar-refractivity contribution in [1.29, 1.82) is 0 Å². The topological polar surface area (TPSA) is 48.0 Å². The minimum Gasteiger partial charge on any atom is -0.396 e. The van der Waals surface area contributed by atoms with Gasteiger partial charge in [-0.2, -0.15) is 0 Å². The lowest BCUT2D eigenvalue weighted by Crippen LogP contribution is -1.99. The van der Waals surface area contributed by atoms with Crippen LogP contribution >= 0.6 is 0 Å². The lowest BCUT2D eigenvalue weighted by molar-refractivity contribution is 0.299. The number of hydrogen-bond donors (Lipinski definition) is 3. The number of aromatic nitrogens is 1. The second kappa shape index (κ2) is 5.80. The maximum atomic E-state index is 8.90. The van der Waals surface area contributed by atoms with E-state index in [-0.39, 0.29) is 6.61 Å². The summed E-state index contributed by atoms with van der Waals surface area (Å²) in [6.45, 7) is 0.992. The van der Waals surface area contributed by atoms with E-state index >= 15 is 0 Å². The second-order valence-corrected chi connectivity index (χ2v) is 4.88. The van der Waals surface area contributed by atoms with Gasteiger partial charge in [-0.05, 0) is 35.7 Å². The number of aliphatic hydroxyl groups excluding tert-OH is 1. The van der Waals surface area contributed by atoms with Gasteiger partial charge in [0, 0.05) is 35.9 Å². The smallest absolute Gasteiger partial charge is 0.0471 e. The van der Waals surface area contributed by atoms with Crippen LogP contribution in [0.5, 0.6) is 0 Å². The molecular weight excluding hydrogens is 248 g/mol. The van der Waals surface area contributed by atoms with Crippen LogP contribution in [0.2, 0.25) is 0 Å². The van der Waals surface area contributed by atoms with E-state index in [1.807, 2.05) is 18.2 Å². The van der Waals surface area contributed by atoms with Gasteiger partial charge in [0.05, 0.1) is 0 Å². The van der Waals surface area contributed by atoms with E-state index in [0.29, 0.717) is 6.42 Å². The predicted molar refractivity (Wildman–Crippen MR) is 82.9 cm³/mol. The first-order chi connectivity index (χ1) is 9.86. The largest absolute Gasteiger partial charge is 0.396 e. The van der Waals surface area contributed by atoms with Gasteiger partial charge < -0.3 is 15.4 Å². The van der Waals surface area contributed by atoms with Crippen molar-refractivity contribution < 1.29 is 5.11 Å². The van der Waals surface area contributed by atoms with E-state index in [1.54, 1.807) is 0 Å². The van der Waals surface area contributed by atoms with Crippen molar-refractivity contribution in [1.82, 2.24) is 4.98 Å². The van der Waals surface area contributed by atoms with Crippen LogP contribution in [0.4, 0.5) is 5.69 Å². The lowest BCUT2D eigenvalue weighted by atomic mass is 10.1. The van der Waals surface area contributed by atoms with E-state index in [1.165, 1.54) is 16.5 Å². The lowest BCUT2D eigenvalue weighted by Gasteiger charge is -2.06. The first kappa shape index (κ1) is 12.8. The van der Waals surface area contributed by atoms with E-state index in [0.717, 1.165) is 17.8 Å². The highest BCUT2D eigenvalue weighted by molar-refractivity contribution is 5.83. The first-order valence-electron chi connectivity index (χ1n) is 6.85. The fourth-order valence-electron chi connectivity index (χ4n) is 2.39. The summed E-state index contributed by atoms with van der Waals surface area (Å²) < 4.78 is 0. The Morgan fingerprint density at radius 3 is 2.60 bits per heavy atom. The zero-order chi connectivity index (χ0) is 13.8. The van der Waals surface area contributed by atoms with Crippen LogP contribution in [0.15, 0.2) is 54.7 Å². The number of H-pyrrole nitrogens is 1. The monoisotopic (exact) mass is 266 g/mol. The van der Waals surface area contributed by atoms with Crippen molar-refractivity contribution in [2.75, 3.05) is 11.9 Å². The maximum Gasteiger partial charge on any atom is 0.0471 e. The molecule has 0 radical (unpaired) electrons. The molecule has 3 nitrogen and oxygen atoms in total. The van der Waals surface area contributed by atoms with Crippen LogP contribution < -0.4 is 5.32 Å². The van der Waals surface area contributed by atoms with Gasteiger partial charge in [0.1, 0.15) is 0 Å². The number of anilines is 1. The van der Waals surface area contributed by atoms with E-state index < -0.39 is 0 Å². The highest BCUT2D eigenvalue weighted by Crippen LogP contribution is 2.19. The van der Waals surface area contributed by atoms with Crippen LogP contribution in [0.1, 0.15) is 11.1 Å². The standard InChI is InChI=1S/C17H18N2O/c20-10-9-13-5-7-15(8-6-13)18-11-14-12-19-17-4-2-1-3-16(14)17/h1-8,12,18-20H,9-11H2. The maximum absolute atomic E-state index is 8.90. The SMILES string of the molecule is OCCc1ccc(NCc2c[nH]c3ccccc23)cc1. The molecule has 0 aliphatic rings. The molecule has 0 spiro atoms. The highest BCUT2D eigenvalue weighted by atomic mass is 16.2. The highest BCUT2D eigenvalue weighted by Gasteiger charge is 2.02. The average molecular weight is 266 g/mol. The zero-order valence-corrected chi connectivity index (χ0v) is 11.3. The number of fused-ring (bicyclic) bond motifs is 1. The van der Waals surface area contributed by atoms with Gasteiger partial charge in [-0.15, -0.1) is 0 Å². The molecule has 1 heterocycles. The number of rotatable bonds is 5. The Morgan fingerprint density at radius 2 is 1.80 bits per heavy atom. The number of aromatic amines is 1. The first-order valence-corrected chi connectivity index (χ1v) is 6.85. The van der Waals surface area contributed by atoms with Gasteiger partial charge in [0.15, 0.2) is 0 Å². The molecule has 0 atom stereocenters. The van der Waals surface area contributed by atoms with E-state index in [2.05, 4.69) is 46.8 Å². The number of para-hydroxylation sites is 1. The van der Waals surface area contributed by atoms with E-state index in [9.17, 15) is 0 Å². The summed E-state index contributed by atoms with van der Waals surface area (Å²) in [4.78, 5) is 3.28. The quantitative estimate of drug-likeness (QED) is 0.663. The van der Waals surface area contributed by atoms with Gasteiger partial charge in [-0.25, -0.2) is 0 Å². The van der Waals surface area contributed by atoms with Crippen LogP contribution in [0, 0.1) is 0 Å². The summed E-state index contributed by atoms with van der Waals surface area (Å²) in [5, 5.41) is 13.6. The summed E-state index contributed by atoms with van der Waals surface area (Å²) in [5.41, 5.74) is 4.68. The van der Waals surface area contributed by atoms with Crippen LogP contribution in [-0.2, 0) is 13.0 Å². The summed E-state index contributed by atoms with van der Waals surface area (Å²) in [5.74, 6) is 0. The molecule has 20 heavy (non-hydrogen) atoms. The van der Waals surface area contributed by atoms with Gasteiger partial charge in [-0.1, -0.05) is 30.3 Å². The molecule has 1 aromatic heterocycles. The van der Waals surface area contributed by atoms with Gasteiger partial charge in [0.25, 0.3) is 0 Å². The molecule has 3 heteroatoms. The molecule has 3 rings (SSSR count). The molecule has 0 saturated heterocycles. The Bertz CT molecular complexity index is 686. The van der Waals surface area contributed by atoms with Crippen molar-refractivity contribution >= 4 is 16.6 Å². The Balaban J connectivity index is 1.69. The van der Waals surface area contributed by atoms with Crippen molar-refractivity contribution in [2.24, 2.45) is 0 Å². The summed E-state index contributed by atoms with van der Waals surface area (Å²) in [6, 6.07) is 16.5. The Morgan fingerprint density at radius 1 is 1.00 bits per heavy atom. The number of benzene rings is 2. The Kier molecular flexibility index (Phi) is 3.70. The molecule has 0 saturated carbocycles. The van der Waals surface area contributed by atoms with Crippen molar-refractivity contribution in [3.63, 3.8) is 0 Å². The number of hydrogen-bond acceptors (Lipinski definition) is 2. The Hall–Kier alpha value is -2.26. The van der Waals surface area contributed by atoms with Gasteiger partial charge >= 0.3 is 0 Å². The summed E-state index contributed by atoms with van der Waals surface area (Å²) >= 11 is 0. The molecule has 102 valence electrons. The summed E-state index contributed by atoms with van der Waals surface area (Å²) in [6.07, 6.45) is 2.76. The molecule has 2 aromatic carbocycles. The number of nitrogens with one attached hydrogen (secondary N) is 2. The average Bonchev–Trinajstić information content (AvgIpc) is 2.90. The third-order valence-electron chi connectivity index (χ3n) is 3.51. The zero-order valence-electron chi connectivity index (χ0n) is 11.3. The molecule has 0 fully saturated rings. The van der Waals surface area contributed by atoms with Gasteiger partial charge in [0.2, 0.25) is 0 Å². The third-order valence-corrected chi connectivity index (χ3v) is 3.51. The summed E-state index contributed by atoms with van der Waals surface area (Å²) in [7, 11) is 0. The molecule has 0 unspecified atom stereocenters. The van der Waals surface area contributed by atoms with Crippen molar-refractivity contribution in [3.05, 3.63) is 65.9 Å². The molecule has 0 aliphatic carbocycles. The fourth-order valence-corrected chi connectivity index (χ4v) is 2.39. The van der Waals surface area contributed by atoms with E-state index in [4.69, 9.17) is 5.11 Å². The molecular formula is C17H18N2O. The fraction of sp³-hybridized carbons (Fsp3) is 0.176. The third kappa shape index (κ3) is 2.68. The molecule has 0 bridgehead atoms. The van der Waals surface area contributed by atoms with Crippen LogP contribution in [0.25, 0.3) is 10.9 Å². The van der Waals surface area contributed by atoms with Gasteiger partial charge in [-0.3, -0.25) is 0 Å². The van der Waals surface area contributed by atoms with Crippen LogP contribution in [0.3, 0.4) is 0 Å². The van der Waals surface area contributed by atoms with Crippen molar-refractivity contribution in [3.8, 4) is 0 Å². The number of aliphatic hydroxyl groups is 1. The minimum atomic E-state index is 0.197.